The first-order valence-electron chi connectivity index (χ1n) is 5.32. The van der Waals surface area contributed by atoms with E-state index in [9.17, 15) is 4.39 Å². The smallest absolute Gasteiger partial charge is 0.127 e. The van der Waals surface area contributed by atoms with Gasteiger partial charge in [0.1, 0.15) is 11.6 Å². The molecule has 0 atom stereocenters. The normalized spacial score (nSPS) is 10.4. The fourth-order valence-corrected chi connectivity index (χ4v) is 1.43. The summed E-state index contributed by atoms with van der Waals surface area (Å²) in [5.74, 6) is 0.484. The third-order valence-corrected chi connectivity index (χ3v) is 2.30. The van der Waals surface area contributed by atoms with E-state index >= 15 is 0 Å². The summed E-state index contributed by atoms with van der Waals surface area (Å²) < 4.78 is 23.6. The molecule has 0 aliphatic rings. The summed E-state index contributed by atoms with van der Waals surface area (Å²) in [6.45, 7) is 3.83. The van der Waals surface area contributed by atoms with E-state index in [0.717, 1.165) is 12.0 Å². The fraction of sp³-hybridized carbons (Fsp3) is 0.500. The zero-order chi connectivity index (χ0) is 11.8. The molecule has 1 aromatic rings. The predicted octanol–water partition coefficient (Wildman–Crippen LogP) is 3.37. The number of hydrogen-bond donors (Lipinski definition) is 0. The van der Waals surface area contributed by atoms with Gasteiger partial charge in [0.25, 0.3) is 0 Å². The first kappa shape index (κ1) is 13.3. The number of ether oxygens (including phenoxy) is 2. The van der Waals surface area contributed by atoms with Gasteiger partial charge in [-0.15, -0.1) is 11.6 Å². The van der Waals surface area contributed by atoms with Crippen LogP contribution in [0.3, 0.4) is 0 Å². The molecule has 16 heavy (non-hydrogen) atoms. The number of halogens is 2. The second-order valence-corrected chi connectivity index (χ2v) is 3.60. The van der Waals surface area contributed by atoms with E-state index in [-0.39, 0.29) is 11.7 Å². The maximum atomic E-state index is 13.1. The van der Waals surface area contributed by atoms with E-state index in [1.165, 1.54) is 12.1 Å². The molecule has 0 saturated heterocycles. The molecular formula is C12H16ClFO2. The summed E-state index contributed by atoms with van der Waals surface area (Å²) in [5, 5.41) is 0. The third kappa shape index (κ3) is 4.81. The monoisotopic (exact) mass is 246 g/mol. The number of benzene rings is 1. The van der Waals surface area contributed by atoms with Gasteiger partial charge in [0.15, 0.2) is 0 Å². The minimum Gasteiger partial charge on any atom is -0.493 e. The van der Waals surface area contributed by atoms with Crippen LogP contribution in [0.5, 0.6) is 5.75 Å². The maximum Gasteiger partial charge on any atom is 0.127 e. The Morgan fingerprint density at radius 3 is 2.75 bits per heavy atom. The van der Waals surface area contributed by atoms with E-state index in [0.29, 0.717) is 25.6 Å². The van der Waals surface area contributed by atoms with Gasteiger partial charge in [0.05, 0.1) is 6.61 Å². The van der Waals surface area contributed by atoms with Gasteiger partial charge in [-0.25, -0.2) is 4.39 Å². The summed E-state index contributed by atoms with van der Waals surface area (Å²) in [4.78, 5) is 0. The highest BCUT2D eigenvalue weighted by Gasteiger charge is 2.01. The highest BCUT2D eigenvalue weighted by Crippen LogP contribution is 2.17. The van der Waals surface area contributed by atoms with Crippen molar-refractivity contribution in [1.82, 2.24) is 0 Å². The first-order valence-corrected chi connectivity index (χ1v) is 5.85. The van der Waals surface area contributed by atoms with Gasteiger partial charge in [-0.1, -0.05) is 0 Å². The molecule has 0 aliphatic heterocycles. The average molecular weight is 247 g/mol. The van der Waals surface area contributed by atoms with Gasteiger partial charge >= 0.3 is 0 Å². The van der Waals surface area contributed by atoms with Gasteiger partial charge in [-0.2, -0.15) is 0 Å². The van der Waals surface area contributed by atoms with E-state index in [2.05, 4.69) is 0 Å². The van der Waals surface area contributed by atoms with Crippen LogP contribution in [0.4, 0.5) is 4.39 Å². The molecule has 0 N–H and O–H groups in total. The van der Waals surface area contributed by atoms with Crippen molar-refractivity contribution in [3.63, 3.8) is 0 Å². The second-order valence-electron chi connectivity index (χ2n) is 3.33. The van der Waals surface area contributed by atoms with Crippen LogP contribution >= 0.6 is 11.6 Å². The van der Waals surface area contributed by atoms with Crippen molar-refractivity contribution < 1.29 is 13.9 Å². The van der Waals surface area contributed by atoms with Crippen LogP contribution in [0.25, 0.3) is 0 Å². The highest BCUT2D eigenvalue weighted by atomic mass is 35.5. The number of hydrogen-bond acceptors (Lipinski definition) is 2. The molecule has 0 spiro atoms. The van der Waals surface area contributed by atoms with Crippen LogP contribution in [0.2, 0.25) is 0 Å². The lowest BCUT2D eigenvalue weighted by Gasteiger charge is -2.07. The Balaban J connectivity index is 2.38. The predicted molar refractivity (Wildman–Crippen MR) is 62.6 cm³/mol. The summed E-state index contributed by atoms with van der Waals surface area (Å²) in [5.41, 5.74) is 0.724. The van der Waals surface area contributed by atoms with E-state index in [1.54, 1.807) is 6.07 Å². The standard InChI is InChI=1S/C12H16ClFO2/c1-2-15-4-3-5-16-12-7-10(9-13)6-11(14)8-12/h6-8H,2-5,9H2,1H3. The Kier molecular flexibility index (Phi) is 6.19. The van der Waals surface area contributed by atoms with Crippen molar-refractivity contribution >= 4 is 11.6 Å². The van der Waals surface area contributed by atoms with Gasteiger partial charge < -0.3 is 9.47 Å². The van der Waals surface area contributed by atoms with E-state index < -0.39 is 0 Å². The van der Waals surface area contributed by atoms with Crippen molar-refractivity contribution in [2.45, 2.75) is 19.2 Å². The van der Waals surface area contributed by atoms with Gasteiger partial charge in [-0.3, -0.25) is 0 Å². The molecule has 1 rings (SSSR count). The first-order chi connectivity index (χ1) is 7.76. The Morgan fingerprint density at radius 1 is 1.25 bits per heavy atom. The van der Waals surface area contributed by atoms with Crippen molar-refractivity contribution in [2.24, 2.45) is 0 Å². The minimum atomic E-state index is -0.321. The Bertz CT molecular complexity index is 318. The van der Waals surface area contributed by atoms with Crippen LogP contribution in [0.1, 0.15) is 18.9 Å². The highest BCUT2D eigenvalue weighted by molar-refractivity contribution is 6.17. The summed E-state index contributed by atoms with van der Waals surface area (Å²) >= 11 is 5.63. The average Bonchev–Trinajstić information content (AvgIpc) is 2.28. The SMILES string of the molecule is CCOCCCOc1cc(F)cc(CCl)c1. The number of rotatable bonds is 7. The molecule has 1 aromatic carbocycles. The van der Waals surface area contributed by atoms with Gasteiger partial charge in [0.2, 0.25) is 0 Å². The topological polar surface area (TPSA) is 18.5 Å². The fourth-order valence-electron chi connectivity index (χ4n) is 1.28. The molecule has 0 saturated carbocycles. The van der Waals surface area contributed by atoms with Crippen LogP contribution in [0.15, 0.2) is 18.2 Å². The minimum absolute atomic E-state index is 0.285. The Labute approximate surface area is 100 Å². The molecule has 2 nitrogen and oxygen atoms in total. The van der Waals surface area contributed by atoms with Crippen molar-refractivity contribution in [1.29, 1.82) is 0 Å². The zero-order valence-corrected chi connectivity index (χ0v) is 10.1. The van der Waals surface area contributed by atoms with Crippen LogP contribution in [-0.4, -0.2) is 19.8 Å². The molecule has 90 valence electrons. The molecule has 0 bridgehead atoms. The van der Waals surface area contributed by atoms with E-state index in [4.69, 9.17) is 21.1 Å². The Hall–Kier alpha value is -0.800. The Morgan fingerprint density at radius 2 is 2.06 bits per heavy atom. The second kappa shape index (κ2) is 7.47. The molecule has 0 radical (unpaired) electrons. The lowest BCUT2D eigenvalue weighted by Crippen LogP contribution is -2.03. The van der Waals surface area contributed by atoms with E-state index in [1.807, 2.05) is 6.92 Å². The summed E-state index contributed by atoms with van der Waals surface area (Å²) in [6.07, 6.45) is 0.792. The molecular weight excluding hydrogens is 231 g/mol. The molecule has 0 fully saturated rings. The molecule has 0 aromatic heterocycles. The van der Waals surface area contributed by atoms with Gasteiger partial charge in [-0.05, 0) is 24.6 Å². The van der Waals surface area contributed by atoms with Gasteiger partial charge in [0, 0.05) is 31.6 Å². The molecule has 0 heterocycles. The van der Waals surface area contributed by atoms with Crippen molar-refractivity contribution in [3.05, 3.63) is 29.6 Å². The third-order valence-electron chi connectivity index (χ3n) is 1.99. The molecule has 0 aliphatic carbocycles. The summed E-state index contributed by atoms with van der Waals surface area (Å²) in [7, 11) is 0. The van der Waals surface area contributed by atoms with Crippen LogP contribution in [0, 0.1) is 5.82 Å². The molecule has 0 amide bonds. The van der Waals surface area contributed by atoms with Crippen LogP contribution in [-0.2, 0) is 10.6 Å². The molecule has 4 heteroatoms. The van der Waals surface area contributed by atoms with Crippen LogP contribution < -0.4 is 4.74 Å². The maximum absolute atomic E-state index is 13.1. The van der Waals surface area contributed by atoms with Crippen molar-refractivity contribution in [2.75, 3.05) is 19.8 Å². The summed E-state index contributed by atoms with van der Waals surface area (Å²) in [6, 6.07) is 4.51. The lowest BCUT2D eigenvalue weighted by molar-refractivity contribution is 0.131. The molecule has 0 unspecified atom stereocenters. The zero-order valence-electron chi connectivity index (χ0n) is 9.34. The quantitative estimate of drug-likeness (QED) is 0.543. The number of alkyl halides is 1. The van der Waals surface area contributed by atoms with Crippen molar-refractivity contribution in [3.8, 4) is 5.75 Å². The lowest BCUT2D eigenvalue weighted by atomic mass is 10.2. The largest absolute Gasteiger partial charge is 0.493 e.